The van der Waals surface area contributed by atoms with E-state index >= 15 is 0 Å². The molecule has 4 rings (SSSR count). The van der Waals surface area contributed by atoms with E-state index < -0.39 is 52.1 Å². The van der Waals surface area contributed by atoms with Crippen LogP contribution in [0.15, 0.2) is 24.3 Å². The van der Waals surface area contributed by atoms with Crippen LogP contribution in [0.5, 0.6) is 0 Å². The third-order valence-corrected chi connectivity index (χ3v) is 6.17. The summed E-state index contributed by atoms with van der Waals surface area (Å²) in [7, 11) is 0.895. The van der Waals surface area contributed by atoms with Crippen LogP contribution < -0.4 is 5.32 Å². The highest BCUT2D eigenvalue weighted by molar-refractivity contribution is 6.34. The topological polar surface area (TPSA) is 99.4 Å². The maximum Gasteiger partial charge on any atom is 0.420 e. The number of amides is 1. The average molecular weight is 549 g/mol. The number of benzene rings is 1. The molecule has 1 amide bonds. The van der Waals surface area contributed by atoms with E-state index in [0.29, 0.717) is 17.5 Å². The SMILES string of the molecule is Cn1nc(C(F)(F)C(C)(F)F)c(C(F)(F)F)c1-c1cc(-c2ccc(Cl)c(C(=O)NC3(C#N)CC3)c2)n[nH]1. The predicted octanol–water partition coefficient (Wildman–Crippen LogP) is 5.68. The summed E-state index contributed by atoms with van der Waals surface area (Å²) >= 11 is 6.11. The van der Waals surface area contributed by atoms with Gasteiger partial charge in [-0.15, -0.1) is 0 Å². The monoisotopic (exact) mass is 548 g/mol. The number of hydrogen-bond acceptors (Lipinski definition) is 4. The Kier molecular flexibility index (Phi) is 6.06. The Morgan fingerprint density at radius 3 is 2.38 bits per heavy atom. The van der Waals surface area contributed by atoms with Crippen LogP contribution in [0.1, 0.15) is 41.4 Å². The summed E-state index contributed by atoms with van der Waals surface area (Å²) in [6.45, 7) is -0.203. The van der Waals surface area contributed by atoms with Crippen molar-refractivity contribution < 1.29 is 35.5 Å². The highest BCUT2D eigenvalue weighted by Gasteiger charge is 2.60. The first-order valence-electron chi connectivity index (χ1n) is 10.5. The number of H-pyrrole nitrogens is 1. The van der Waals surface area contributed by atoms with Crippen molar-refractivity contribution in [2.75, 3.05) is 0 Å². The van der Waals surface area contributed by atoms with Crippen LogP contribution in [0, 0.1) is 11.3 Å². The predicted molar refractivity (Wildman–Crippen MR) is 116 cm³/mol. The van der Waals surface area contributed by atoms with Crippen LogP contribution >= 0.6 is 11.6 Å². The van der Waals surface area contributed by atoms with Crippen LogP contribution in [0.4, 0.5) is 30.7 Å². The van der Waals surface area contributed by atoms with Gasteiger partial charge in [0.05, 0.1) is 33.7 Å². The molecule has 2 N–H and O–H groups in total. The first-order valence-corrected chi connectivity index (χ1v) is 10.9. The molecule has 3 aromatic rings. The largest absolute Gasteiger partial charge is 0.420 e. The van der Waals surface area contributed by atoms with E-state index in [1.54, 1.807) is 0 Å². The van der Waals surface area contributed by atoms with E-state index in [1.807, 2.05) is 6.07 Å². The van der Waals surface area contributed by atoms with Gasteiger partial charge >= 0.3 is 18.0 Å². The van der Waals surface area contributed by atoms with Gasteiger partial charge in [0.15, 0.2) is 5.69 Å². The Balaban J connectivity index is 1.77. The highest BCUT2D eigenvalue weighted by Crippen LogP contribution is 2.49. The fourth-order valence-corrected chi connectivity index (χ4v) is 3.86. The lowest BCUT2D eigenvalue weighted by Crippen LogP contribution is -2.37. The van der Waals surface area contributed by atoms with E-state index in [1.165, 1.54) is 18.2 Å². The lowest BCUT2D eigenvalue weighted by Gasteiger charge is -2.22. The van der Waals surface area contributed by atoms with Gasteiger partial charge in [0.1, 0.15) is 11.1 Å². The van der Waals surface area contributed by atoms with Crippen molar-refractivity contribution in [3.63, 3.8) is 0 Å². The molecule has 196 valence electrons. The number of nitrogens with zero attached hydrogens (tertiary/aromatic N) is 4. The highest BCUT2D eigenvalue weighted by atomic mass is 35.5. The van der Waals surface area contributed by atoms with Gasteiger partial charge in [0.25, 0.3) is 5.91 Å². The third-order valence-electron chi connectivity index (χ3n) is 5.84. The maximum atomic E-state index is 14.3. The molecule has 0 saturated heterocycles. The molecular formula is C22H16ClF7N6O. The van der Waals surface area contributed by atoms with Gasteiger partial charge in [-0.2, -0.15) is 46.2 Å². The molecule has 2 aromatic heterocycles. The minimum Gasteiger partial charge on any atom is -0.334 e. The molecule has 0 aliphatic heterocycles. The number of rotatable bonds is 6. The molecule has 37 heavy (non-hydrogen) atoms. The molecule has 0 atom stereocenters. The van der Waals surface area contributed by atoms with Gasteiger partial charge in [0.2, 0.25) is 0 Å². The van der Waals surface area contributed by atoms with E-state index in [9.17, 15) is 40.8 Å². The number of hydrogen-bond donors (Lipinski definition) is 2. The van der Waals surface area contributed by atoms with Gasteiger partial charge in [0, 0.05) is 19.5 Å². The molecule has 1 aliphatic carbocycles. The number of halogens is 8. The summed E-state index contributed by atoms with van der Waals surface area (Å²) in [6.07, 6.45) is -4.54. The second-order valence-corrected chi connectivity index (χ2v) is 9.07. The number of nitriles is 1. The molecule has 1 aromatic carbocycles. The average Bonchev–Trinajstić information content (AvgIpc) is 3.21. The third kappa shape index (κ3) is 4.63. The van der Waals surface area contributed by atoms with Crippen molar-refractivity contribution in [1.82, 2.24) is 25.3 Å². The van der Waals surface area contributed by atoms with Crippen molar-refractivity contribution in [3.05, 3.63) is 46.1 Å². The Morgan fingerprint density at radius 2 is 1.84 bits per heavy atom. The van der Waals surface area contributed by atoms with Crippen LogP contribution in [-0.4, -0.2) is 37.3 Å². The number of aryl methyl sites for hydroxylation is 1. The van der Waals surface area contributed by atoms with Gasteiger partial charge in [-0.1, -0.05) is 17.7 Å². The Morgan fingerprint density at radius 1 is 1.19 bits per heavy atom. The van der Waals surface area contributed by atoms with Gasteiger partial charge in [-0.25, -0.2) is 0 Å². The van der Waals surface area contributed by atoms with Crippen molar-refractivity contribution in [2.45, 2.75) is 43.3 Å². The zero-order chi connectivity index (χ0) is 27.6. The molecular weight excluding hydrogens is 533 g/mol. The lowest BCUT2D eigenvalue weighted by molar-refractivity contribution is -0.212. The van der Waals surface area contributed by atoms with Crippen LogP contribution in [0.25, 0.3) is 22.6 Å². The zero-order valence-corrected chi connectivity index (χ0v) is 19.7. The summed E-state index contributed by atoms with van der Waals surface area (Å²) in [5, 5.41) is 21.0. The van der Waals surface area contributed by atoms with Gasteiger partial charge in [-0.3, -0.25) is 14.6 Å². The fourth-order valence-electron chi connectivity index (χ4n) is 3.65. The van der Waals surface area contributed by atoms with E-state index in [-0.39, 0.29) is 28.8 Å². The van der Waals surface area contributed by atoms with Crippen molar-refractivity contribution >= 4 is 17.5 Å². The fraction of sp³-hybridized carbons (Fsp3) is 0.364. The van der Waals surface area contributed by atoms with Crippen LogP contribution in [-0.2, 0) is 19.1 Å². The van der Waals surface area contributed by atoms with Gasteiger partial charge < -0.3 is 5.32 Å². The summed E-state index contributed by atoms with van der Waals surface area (Å²) in [5.41, 5.74) is -6.38. The molecule has 0 unspecified atom stereocenters. The molecule has 7 nitrogen and oxygen atoms in total. The van der Waals surface area contributed by atoms with Crippen LogP contribution in [0.3, 0.4) is 0 Å². The number of carbonyl (C=O) groups excluding carboxylic acids is 1. The second-order valence-electron chi connectivity index (χ2n) is 8.67. The summed E-state index contributed by atoms with van der Waals surface area (Å²) < 4.78 is 97.7. The van der Waals surface area contributed by atoms with E-state index in [4.69, 9.17) is 11.6 Å². The van der Waals surface area contributed by atoms with Gasteiger partial charge in [-0.05, 0) is 31.0 Å². The number of aromatic nitrogens is 4. The minimum absolute atomic E-state index is 0.00871. The van der Waals surface area contributed by atoms with Crippen molar-refractivity contribution in [1.29, 1.82) is 5.26 Å². The first-order chi connectivity index (χ1) is 17.0. The number of carbonyl (C=O) groups is 1. The lowest BCUT2D eigenvalue weighted by atomic mass is 10.0. The quantitative estimate of drug-likeness (QED) is 0.387. The molecule has 15 heteroatoms. The standard InChI is InChI=1S/C22H16ClF7N6O/c1-19(24,25)21(26,27)17-15(22(28,29)30)16(36(2)35-17)14-8-13(33-34-14)10-3-4-12(23)11(7-10)18(37)32-20(9-31)5-6-20/h3-4,7-8H,5-6H2,1-2H3,(H,32,37)(H,33,34). The molecule has 1 saturated carbocycles. The van der Waals surface area contributed by atoms with Crippen molar-refractivity contribution in [2.24, 2.45) is 7.05 Å². The number of nitrogens with one attached hydrogen (secondary N) is 2. The van der Waals surface area contributed by atoms with Crippen LogP contribution in [0.2, 0.25) is 5.02 Å². The Hall–Kier alpha value is -3.60. The summed E-state index contributed by atoms with van der Waals surface area (Å²) in [4.78, 5) is 12.6. The molecule has 2 heterocycles. The first kappa shape index (κ1) is 26.5. The number of aromatic amines is 1. The summed E-state index contributed by atoms with van der Waals surface area (Å²) in [6, 6.07) is 7.07. The molecule has 0 spiro atoms. The minimum atomic E-state index is -5.47. The molecule has 0 radical (unpaired) electrons. The second kappa shape index (κ2) is 8.47. The summed E-state index contributed by atoms with van der Waals surface area (Å²) in [5.74, 6) is -10.7. The Bertz CT molecular complexity index is 1430. The maximum absolute atomic E-state index is 14.3. The normalized spacial score (nSPS) is 15.4. The molecule has 1 aliphatic rings. The number of alkyl halides is 7. The molecule has 1 fully saturated rings. The zero-order valence-electron chi connectivity index (χ0n) is 18.9. The van der Waals surface area contributed by atoms with E-state index in [2.05, 4.69) is 20.6 Å². The molecule has 0 bridgehead atoms. The van der Waals surface area contributed by atoms with Crippen molar-refractivity contribution in [3.8, 4) is 28.7 Å². The Labute approximate surface area is 209 Å². The smallest absolute Gasteiger partial charge is 0.334 e. The van der Waals surface area contributed by atoms with E-state index in [0.717, 1.165) is 13.1 Å².